The van der Waals surface area contributed by atoms with Crippen LogP contribution >= 0.6 is 18.9 Å². The second-order valence-corrected chi connectivity index (χ2v) is 10.1. The molecule has 0 saturated heterocycles. The molecular weight excluding hydrogens is 435 g/mol. The zero-order valence-corrected chi connectivity index (χ0v) is 18.0. The lowest BCUT2D eigenvalue weighted by molar-refractivity contribution is -0.122. The van der Waals surface area contributed by atoms with E-state index < -0.39 is 7.60 Å². The number of rotatable bonds is 5. The Morgan fingerprint density at radius 3 is 2.58 bits per heavy atom. The molecule has 0 unspecified atom stereocenters. The number of anilines is 1. The van der Waals surface area contributed by atoms with Gasteiger partial charge in [0, 0.05) is 17.0 Å². The van der Waals surface area contributed by atoms with E-state index in [0.29, 0.717) is 16.5 Å². The molecule has 9 heteroatoms. The molecule has 0 aliphatic heterocycles. The zero-order chi connectivity index (χ0) is 21.6. The van der Waals surface area contributed by atoms with E-state index in [1.807, 2.05) is 42.5 Å². The molecule has 1 amide bonds. The average Bonchev–Trinajstić information content (AvgIpc) is 3.33. The van der Waals surface area contributed by atoms with Gasteiger partial charge in [-0.3, -0.25) is 9.36 Å². The molecule has 3 N–H and O–H groups in total. The van der Waals surface area contributed by atoms with E-state index in [9.17, 15) is 19.1 Å². The molecule has 2 aromatic heterocycles. The number of carbonyl (C=O) groups excluding carboxylic acids is 1. The van der Waals surface area contributed by atoms with Crippen molar-refractivity contribution >= 4 is 45.7 Å². The Bertz CT molecular complexity index is 1330. The van der Waals surface area contributed by atoms with Gasteiger partial charge in [-0.25, -0.2) is 4.98 Å². The van der Waals surface area contributed by atoms with Crippen LogP contribution in [0.5, 0.6) is 0 Å². The topological polar surface area (TPSA) is 113 Å². The summed E-state index contributed by atoms with van der Waals surface area (Å²) in [6, 6.07) is 16.2. The summed E-state index contributed by atoms with van der Waals surface area (Å²) in [6.07, 6.45) is 2.97. The molecule has 1 aliphatic rings. The van der Waals surface area contributed by atoms with E-state index in [0.717, 1.165) is 40.6 Å². The van der Waals surface area contributed by atoms with Gasteiger partial charge in [-0.15, -0.1) is 0 Å². The number of aromatic nitrogens is 1. The van der Waals surface area contributed by atoms with Crippen LogP contribution in [0.1, 0.15) is 19.3 Å². The summed E-state index contributed by atoms with van der Waals surface area (Å²) < 4.78 is 17.8. The molecule has 0 spiro atoms. The van der Waals surface area contributed by atoms with Crippen molar-refractivity contribution in [2.75, 3.05) is 5.32 Å². The number of thiazole rings is 1. The largest absolute Gasteiger partial charge is 0.448 e. The van der Waals surface area contributed by atoms with Crippen molar-refractivity contribution < 1.29 is 23.6 Å². The van der Waals surface area contributed by atoms with Crippen molar-refractivity contribution in [1.82, 2.24) is 4.98 Å². The number of benzene rings is 2. The number of nitrogens with zero attached hydrogens (tertiary/aromatic N) is 1. The molecule has 158 valence electrons. The fourth-order valence-corrected chi connectivity index (χ4v) is 5.08. The lowest BCUT2D eigenvalue weighted by atomic mass is 9.85. The van der Waals surface area contributed by atoms with Crippen LogP contribution in [0.25, 0.3) is 32.7 Å². The summed E-state index contributed by atoms with van der Waals surface area (Å²) >= 11 is 1.44. The average molecular weight is 454 g/mol. The number of hydrogen-bond donors (Lipinski definition) is 3. The van der Waals surface area contributed by atoms with Crippen LogP contribution in [0.4, 0.5) is 5.13 Å². The molecule has 0 atom stereocenters. The molecule has 1 aliphatic carbocycles. The summed E-state index contributed by atoms with van der Waals surface area (Å²) in [5, 5.41) is 3.54. The van der Waals surface area contributed by atoms with E-state index in [-0.39, 0.29) is 17.3 Å². The Morgan fingerprint density at radius 2 is 1.87 bits per heavy atom. The summed E-state index contributed by atoms with van der Waals surface area (Å²) in [7, 11) is -4.44. The minimum Gasteiger partial charge on any atom is -0.448 e. The first-order chi connectivity index (χ1) is 14.9. The second kappa shape index (κ2) is 7.73. The third kappa shape index (κ3) is 3.95. The van der Waals surface area contributed by atoms with Gasteiger partial charge in [0.2, 0.25) is 11.4 Å². The van der Waals surface area contributed by atoms with Crippen LogP contribution in [0.15, 0.2) is 59.0 Å². The Hall–Kier alpha value is -2.77. The summed E-state index contributed by atoms with van der Waals surface area (Å²) in [4.78, 5) is 35.5. The van der Waals surface area contributed by atoms with Gasteiger partial charge < -0.3 is 19.5 Å². The molecule has 2 heterocycles. The molecule has 0 bridgehead atoms. The first kappa shape index (κ1) is 20.2. The smallest absolute Gasteiger partial charge is 0.391 e. The van der Waals surface area contributed by atoms with Crippen molar-refractivity contribution in [2.45, 2.75) is 19.3 Å². The Morgan fingerprint density at radius 1 is 1.10 bits per heavy atom. The number of nitrogens with one attached hydrogen (secondary N) is 1. The molecule has 2 aromatic carbocycles. The van der Waals surface area contributed by atoms with Gasteiger partial charge in [-0.05, 0) is 42.7 Å². The molecule has 7 nitrogen and oxygen atoms in total. The van der Waals surface area contributed by atoms with Gasteiger partial charge in [0.05, 0.1) is 10.2 Å². The number of carbonyl (C=O) groups is 1. The SMILES string of the molecule is O=C(Nc1nc2cccc(-c3cccc(-c4ccc(P(=O)(O)O)o4)c3)c2s1)C1CCC1. The Kier molecular flexibility index (Phi) is 5.02. The maximum Gasteiger partial charge on any atom is 0.391 e. The highest BCUT2D eigenvalue weighted by Crippen LogP contribution is 2.38. The van der Waals surface area contributed by atoms with Crippen molar-refractivity contribution in [1.29, 1.82) is 0 Å². The quantitative estimate of drug-likeness (QED) is 0.375. The first-order valence-electron chi connectivity index (χ1n) is 9.86. The van der Waals surface area contributed by atoms with Crippen LogP contribution in [0, 0.1) is 5.92 Å². The van der Waals surface area contributed by atoms with Gasteiger partial charge in [0.15, 0.2) is 5.13 Å². The third-order valence-corrected chi connectivity index (χ3v) is 7.29. The molecule has 5 rings (SSSR count). The minimum atomic E-state index is -4.44. The molecule has 1 fully saturated rings. The van der Waals surface area contributed by atoms with Gasteiger partial charge in [-0.1, -0.05) is 48.1 Å². The van der Waals surface area contributed by atoms with E-state index >= 15 is 0 Å². The number of fused-ring (bicyclic) bond motifs is 1. The maximum absolute atomic E-state index is 12.3. The van der Waals surface area contributed by atoms with Gasteiger partial charge >= 0.3 is 7.60 Å². The second-order valence-electron chi connectivity index (χ2n) is 7.55. The third-order valence-electron chi connectivity index (χ3n) is 5.46. The standard InChI is InChI=1S/C22H19N2O5PS/c25-21(13-4-1-5-13)24-22-23-17-9-3-8-16(20(17)31-22)14-6-2-7-15(12-14)18-10-11-19(29-18)30(26,27)28/h2-3,6-13H,1,4-5H2,(H,23,24,25)(H2,26,27,28). The maximum atomic E-state index is 12.3. The Labute approximate surface area is 181 Å². The normalized spacial score (nSPS) is 14.5. The lowest BCUT2D eigenvalue weighted by Crippen LogP contribution is -2.27. The lowest BCUT2D eigenvalue weighted by Gasteiger charge is -2.23. The number of amides is 1. The monoisotopic (exact) mass is 454 g/mol. The van der Waals surface area contributed by atoms with Crippen molar-refractivity contribution in [3.8, 4) is 22.5 Å². The minimum absolute atomic E-state index is 0.0348. The zero-order valence-electron chi connectivity index (χ0n) is 16.3. The Balaban J connectivity index is 1.49. The predicted molar refractivity (Wildman–Crippen MR) is 120 cm³/mol. The van der Waals surface area contributed by atoms with Crippen LogP contribution in [-0.4, -0.2) is 20.7 Å². The van der Waals surface area contributed by atoms with Crippen molar-refractivity contribution in [3.63, 3.8) is 0 Å². The molecular formula is C22H19N2O5PS. The van der Waals surface area contributed by atoms with Gasteiger partial charge in [0.25, 0.3) is 0 Å². The fraction of sp³-hybridized carbons (Fsp3) is 0.182. The fourth-order valence-electron chi connectivity index (χ4n) is 3.59. The highest BCUT2D eigenvalue weighted by atomic mass is 32.1. The summed E-state index contributed by atoms with van der Waals surface area (Å²) in [5.41, 5.74) is 3.03. The predicted octanol–water partition coefficient (Wildman–Crippen LogP) is 4.76. The summed E-state index contributed by atoms with van der Waals surface area (Å²) in [5.74, 6) is 0.507. The molecule has 1 saturated carbocycles. The molecule has 31 heavy (non-hydrogen) atoms. The van der Waals surface area contributed by atoms with E-state index in [1.165, 1.54) is 17.4 Å². The first-order valence-corrected chi connectivity index (χ1v) is 12.3. The van der Waals surface area contributed by atoms with E-state index in [4.69, 9.17) is 4.42 Å². The molecule has 0 radical (unpaired) electrons. The van der Waals surface area contributed by atoms with Gasteiger partial charge in [0.1, 0.15) is 5.76 Å². The van der Waals surface area contributed by atoms with Gasteiger partial charge in [-0.2, -0.15) is 0 Å². The van der Waals surface area contributed by atoms with E-state index in [2.05, 4.69) is 10.3 Å². The highest BCUT2D eigenvalue weighted by Gasteiger charge is 2.26. The van der Waals surface area contributed by atoms with Crippen molar-refractivity contribution in [2.24, 2.45) is 5.92 Å². The van der Waals surface area contributed by atoms with Crippen molar-refractivity contribution in [3.05, 3.63) is 54.6 Å². The van der Waals surface area contributed by atoms with Crippen LogP contribution in [0.3, 0.4) is 0 Å². The number of hydrogen-bond acceptors (Lipinski definition) is 5. The molecule has 4 aromatic rings. The van der Waals surface area contributed by atoms with Crippen LogP contribution in [0.2, 0.25) is 0 Å². The van der Waals surface area contributed by atoms with Crippen LogP contribution in [-0.2, 0) is 9.36 Å². The van der Waals surface area contributed by atoms with Crippen LogP contribution < -0.4 is 10.8 Å². The highest BCUT2D eigenvalue weighted by molar-refractivity contribution is 7.59. The summed E-state index contributed by atoms with van der Waals surface area (Å²) in [6.45, 7) is 0. The number of furan rings is 1. The van der Waals surface area contributed by atoms with E-state index in [1.54, 1.807) is 6.07 Å².